The van der Waals surface area contributed by atoms with Gasteiger partial charge in [0, 0.05) is 19.8 Å². The number of alkyl halides is 3. The Morgan fingerprint density at radius 3 is 2.31 bits per heavy atom. The predicted molar refractivity (Wildman–Crippen MR) is 135 cm³/mol. The average Bonchev–Trinajstić information content (AvgIpc) is 3.82. The molecule has 12 heteroatoms. The van der Waals surface area contributed by atoms with Crippen molar-refractivity contribution in [3.63, 3.8) is 0 Å². The minimum atomic E-state index is -4.55. The van der Waals surface area contributed by atoms with Crippen LogP contribution in [-0.4, -0.2) is 58.2 Å². The second-order valence-corrected chi connectivity index (χ2v) is 10.5. The van der Waals surface area contributed by atoms with Gasteiger partial charge in [-0.05, 0) is 81.0 Å². The molecule has 2 aromatic rings. The molecule has 0 bridgehead atoms. The highest BCUT2D eigenvalue weighted by atomic mass is 19.4. The van der Waals surface area contributed by atoms with E-state index in [1.165, 1.54) is 29.9 Å². The van der Waals surface area contributed by atoms with E-state index in [1.807, 2.05) is 6.92 Å². The van der Waals surface area contributed by atoms with Crippen molar-refractivity contribution < 1.29 is 31.9 Å². The smallest absolute Gasteiger partial charge is 0.339 e. The normalized spacial score (nSPS) is 17.0. The van der Waals surface area contributed by atoms with Gasteiger partial charge >= 0.3 is 6.18 Å². The number of nitrogens with zero attached hydrogens (tertiary/aromatic N) is 3. The maximum absolute atomic E-state index is 15.1. The van der Waals surface area contributed by atoms with E-state index in [0.717, 1.165) is 38.8 Å². The number of rotatable bonds is 11. The fraction of sp³-hybridized carbons (Fsp3) is 0.556. The lowest BCUT2D eigenvalue weighted by molar-refractivity contribution is -0.159. The van der Waals surface area contributed by atoms with Gasteiger partial charge in [-0.3, -0.25) is 19.1 Å². The lowest BCUT2D eigenvalue weighted by Crippen LogP contribution is -2.50. The molecule has 4 rings (SSSR count). The van der Waals surface area contributed by atoms with Crippen LogP contribution in [0.5, 0.6) is 0 Å². The van der Waals surface area contributed by atoms with Crippen molar-refractivity contribution >= 4 is 23.4 Å². The van der Waals surface area contributed by atoms with Crippen LogP contribution in [0.4, 0.5) is 23.2 Å². The molecular formula is C27H33F4N5O3. The summed E-state index contributed by atoms with van der Waals surface area (Å²) < 4.78 is 54.6. The van der Waals surface area contributed by atoms with Crippen molar-refractivity contribution in [2.24, 2.45) is 17.8 Å². The second kappa shape index (κ2) is 11.4. The number of benzene rings is 1. The highest BCUT2D eigenvalue weighted by molar-refractivity contribution is 6.01. The minimum Gasteiger partial charge on any atom is -0.339 e. The first-order chi connectivity index (χ1) is 18.4. The Morgan fingerprint density at radius 1 is 1.13 bits per heavy atom. The number of nitrogens with one attached hydrogen (secondary N) is 2. The zero-order chi connectivity index (χ0) is 28.5. The standard InChI is InChI=1S/C27H33F4N5O3/c1-4-36-21(11-12-32-36)24(37)34-23(22(16-5-6-16)17-7-8-17)25(38)33-20-10-9-18(13-19(20)28)15(2)26(39)35(3)14-27(29,30)31/h9-13,15-17,22-23H,4-8,14H2,1-3H3,(H,33,38)(H,34,37)/t15-,23?/m0/s1. The fourth-order valence-corrected chi connectivity index (χ4v) is 5.15. The van der Waals surface area contributed by atoms with Crippen LogP contribution in [0.2, 0.25) is 0 Å². The number of hydrogen-bond donors (Lipinski definition) is 2. The first-order valence-corrected chi connectivity index (χ1v) is 13.1. The van der Waals surface area contributed by atoms with Gasteiger partial charge in [0.1, 0.15) is 24.1 Å². The Hall–Kier alpha value is -3.44. The number of aryl methyl sites for hydroxylation is 1. The van der Waals surface area contributed by atoms with Crippen molar-refractivity contribution in [2.75, 3.05) is 18.9 Å². The summed E-state index contributed by atoms with van der Waals surface area (Å²) in [6.45, 7) is 2.30. The van der Waals surface area contributed by atoms with Crippen LogP contribution in [0.15, 0.2) is 30.5 Å². The van der Waals surface area contributed by atoms with E-state index in [-0.39, 0.29) is 17.2 Å². The molecular weight excluding hydrogens is 518 g/mol. The molecule has 0 spiro atoms. The van der Waals surface area contributed by atoms with Gasteiger partial charge in [-0.15, -0.1) is 0 Å². The summed E-state index contributed by atoms with van der Waals surface area (Å²) in [5.74, 6) is -3.12. The Bertz CT molecular complexity index is 1210. The third-order valence-electron chi connectivity index (χ3n) is 7.45. The minimum absolute atomic E-state index is 0.0731. The molecule has 39 heavy (non-hydrogen) atoms. The topological polar surface area (TPSA) is 96.3 Å². The average molecular weight is 552 g/mol. The van der Waals surface area contributed by atoms with E-state index in [4.69, 9.17) is 0 Å². The number of likely N-dealkylation sites (N-methyl/N-ethyl adjacent to an activating group) is 1. The van der Waals surface area contributed by atoms with Gasteiger partial charge in [0.05, 0.1) is 11.6 Å². The summed E-state index contributed by atoms with van der Waals surface area (Å²) in [4.78, 5) is 39.6. The molecule has 2 aliphatic rings. The van der Waals surface area contributed by atoms with Crippen molar-refractivity contribution in [1.82, 2.24) is 20.0 Å². The number of aromatic nitrogens is 2. The van der Waals surface area contributed by atoms with E-state index in [1.54, 1.807) is 6.07 Å². The monoisotopic (exact) mass is 551 g/mol. The van der Waals surface area contributed by atoms with Crippen molar-refractivity contribution in [2.45, 2.75) is 64.2 Å². The molecule has 8 nitrogen and oxygen atoms in total. The summed E-state index contributed by atoms with van der Waals surface area (Å²) in [6.07, 6.45) is 0.814. The molecule has 1 heterocycles. The third kappa shape index (κ3) is 6.96. The van der Waals surface area contributed by atoms with Crippen molar-refractivity contribution in [3.8, 4) is 0 Å². The second-order valence-electron chi connectivity index (χ2n) is 10.5. The summed E-state index contributed by atoms with van der Waals surface area (Å²) in [6, 6.07) is 4.41. The number of carbonyl (C=O) groups excluding carboxylic acids is 3. The molecule has 2 N–H and O–H groups in total. The van der Waals surface area contributed by atoms with Gasteiger partial charge in [-0.1, -0.05) is 6.07 Å². The molecule has 0 saturated heterocycles. The predicted octanol–water partition coefficient (Wildman–Crippen LogP) is 4.34. The molecule has 3 amide bonds. The van der Waals surface area contributed by atoms with Gasteiger partial charge in [0.2, 0.25) is 11.8 Å². The first kappa shape index (κ1) is 28.6. The molecule has 2 saturated carbocycles. The molecule has 2 aliphatic carbocycles. The maximum Gasteiger partial charge on any atom is 0.406 e. The highest BCUT2D eigenvalue weighted by Crippen LogP contribution is 2.51. The van der Waals surface area contributed by atoms with Crippen LogP contribution < -0.4 is 10.6 Å². The molecule has 1 unspecified atom stereocenters. The molecule has 2 fully saturated rings. The third-order valence-corrected chi connectivity index (χ3v) is 7.45. The van der Waals surface area contributed by atoms with Crippen LogP contribution in [0.25, 0.3) is 0 Å². The number of carbonyl (C=O) groups is 3. The number of halogens is 4. The van der Waals surface area contributed by atoms with Gasteiger partial charge in [0.25, 0.3) is 5.91 Å². The quantitative estimate of drug-likeness (QED) is 0.406. The SMILES string of the molecule is CCn1nccc1C(=O)NC(C(=O)Nc1ccc([C@H](C)C(=O)N(C)CC(F)(F)F)cc1F)C(C1CC1)C1CC1. The molecule has 2 atom stereocenters. The van der Waals surface area contributed by atoms with Gasteiger partial charge in [-0.25, -0.2) is 4.39 Å². The largest absolute Gasteiger partial charge is 0.406 e. The lowest BCUT2D eigenvalue weighted by Gasteiger charge is -2.28. The van der Waals surface area contributed by atoms with Gasteiger partial charge < -0.3 is 15.5 Å². The van der Waals surface area contributed by atoms with Crippen LogP contribution >= 0.6 is 0 Å². The van der Waals surface area contributed by atoms with Crippen LogP contribution in [0.1, 0.15) is 61.5 Å². The van der Waals surface area contributed by atoms with Crippen LogP contribution in [0.3, 0.4) is 0 Å². The summed E-state index contributed by atoms with van der Waals surface area (Å²) in [5, 5.41) is 9.58. The van der Waals surface area contributed by atoms with Gasteiger partial charge in [-0.2, -0.15) is 18.3 Å². The Balaban J connectivity index is 1.50. The van der Waals surface area contributed by atoms with E-state index in [0.29, 0.717) is 29.0 Å². The fourth-order valence-electron chi connectivity index (χ4n) is 5.15. The molecule has 0 aliphatic heterocycles. The zero-order valence-electron chi connectivity index (χ0n) is 22.1. The number of hydrogen-bond acceptors (Lipinski definition) is 4. The molecule has 212 valence electrons. The first-order valence-electron chi connectivity index (χ1n) is 13.1. The lowest BCUT2D eigenvalue weighted by atomic mass is 9.88. The Kier molecular flexibility index (Phi) is 8.31. The Labute approximate surface area is 224 Å². The van der Waals surface area contributed by atoms with E-state index < -0.39 is 48.2 Å². The van der Waals surface area contributed by atoms with Gasteiger partial charge in [0.15, 0.2) is 0 Å². The van der Waals surface area contributed by atoms with E-state index in [9.17, 15) is 27.6 Å². The molecule has 1 aromatic heterocycles. The van der Waals surface area contributed by atoms with E-state index in [2.05, 4.69) is 15.7 Å². The van der Waals surface area contributed by atoms with Crippen molar-refractivity contribution in [1.29, 1.82) is 0 Å². The summed E-state index contributed by atoms with van der Waals surface area (Å²) >= 11 is 0. The zero-order valence-corrected chi connectivity index (χ0v) is 22.1. The van der Waals surface area contributed by atoms with E-state index >= 15 is 4.39 Å². The van der Waals surface area contributed by atoms with Crippen LogP contribution in [-0.2, 0) is 16.1 Å². The molecule has 0 radical (unpaired) electrons. The summed E-state index contributed by atoms with van der Waals surface area (Å²) in [7, 11) is 1.04. The van der Waals surface area contributed by atoms with Crippen molar-refractivity contribution in [3.05, 3.63) is 47.5 Å². The van der Waals surface area contributed by atoms with Crippen LogP contribution in [0, 0.1) is 23.6 Å². The number of anilines is 1. The number of amides is 3. The Morgan fingerprint density at radius 2 is 1.77 bits per heavy atom. The summed E-state index contributed by atoms with van der Waals surface area (Å²) in [5.41, 5.74) is 0.358. The molecule has 1 aromatic carbocycles. The highest BCUT2D eigenvalue weighted by Gasteiger charge is 2.48. The maximum atomic E-state index is 15.1.